The fourth-order valence-electron chi connectivity index (χ4n) is 5.71. The van der Waals surface area contributed by atoms with Gasteiger partial charge in [0.15, 0.2) is 11.5 Å². The van der Waals surface area contributed by atoms with E-state index >= 15 is 0 Å². The number of methoxy groups -OCH3 is 1. The molecule has 4 saturated carbocycles. The highest BCUT2D eigenvalue weighted by Crippen LogP contribution is 2.55. The number of ether oxygens (including phenoxy) is 2. The maximum absolute atomic E-state index is 13.0. The second-order valence-corrected chi connectivity index (χ2v) is 8.93. The molecule has 4 fully saturated rings. The van der Waals surface area contributed by atoms with Crippen molar-refractivity contribution in [3.63, 3.8) is 0 Å². The normalized spacial score (nSPS) is 32.5. The fraction of sp³-hybridized carbons (Fsp3) is 0.650. The Kier molecular flexibility index (Phi) is 4.47. The third-order valence-corrected chi connectivity index (χ3v) is 6.79. The number of carbonyl (C=O) groups is 1. The minimum atomic E-state index is 0.00370. The van der Waals surface area contributed by atoms with Gasteiger partial charge in [0.25, 0.3) is 5.91 Å². The summed E-state index contributed by atoms with van der Waals surface area (Å²) in [5.41, 5.74) is 0.646. The summed E-state index contributed by atoms with van der Waals surface area (Å²) in [6.45, 7) is 2.48. The van der Waals surface area contributed by atoms with Gasteiger partial charge >= 0.3 is 0 Å². The lowest BCUT2D eigenvalue weighted by molar-refractivity contribution is -0.0167. The maximum atomic E-state index is 13.0. The van der Waals surface area contributed by atoms with Gasteiger partial charge in [0.05, 0.1) is 18.2 Å². The number of hydrogen-bond acceptors (Lipinski definition) is 3. The second-order valence-electron chi connectivity index (χ2n) is 8.07. The van der Waals surface area contributed by atoms with Crippen LogP contribution in [-0.4, -0.2) is 25.2 Å². The molecule has 0 aromatic heterocycles. The number of benzene rings is 1. The Hall–Kier alpha value is -1.23. The van der Waals surface area contributed by atoms with Gasteiger partial charge in [0, 0.05) is 11.1 Å². The van der Waals surface area contributed by atoms with Crippen LogP contribution in [0.3, 0.4) is 0 Å². The molecule has 4 aliphatic rings. The third kappa shape index (κ3) is 3.16. The molecule has 1 amide bonds. The van der Waals surface area contributed by atoms with Crippen molar-refractivity contribution in [2.24, 2.45) is 17.8 Å². The highest BCUT2D eigenvalue weighted by molar-refractivity contribution is 9.10. The van der Waals surface area contributed by atoms with Crippen molar-refractivity contribution in [2.45, 2.75) is 51.0 Å². The van der Waals surface area contributed by atoms with Gasteiger partial charge in [-0.3, -0.25) is 4.79 Å². The number of amides is 1. The molecule has 0 heterocycles. The quantitative estimate of drug-likeness (QED) is 0.778. The zero-order valence-corrected chi connectivity index (χ0v) is 16.5. The van der Waals surface area contributed by atoms with E-state index in [9.17, 15) is 4.79 Å². The van der Waals surface area contributed by atoms with Crippen LogP contribution in [0.25, 0.3) is 0 Å². The minimum Gasteiger partial charge on any atom is -0.493 e. The molecule has 5 heteroatoms. The Morgan fingerprint density at radius 1 is 1.20 bits per heavy atom. The highest BCUT2D eigenvalue weighted by Gasteiger charge is 2.51. The van der Waals surface area contributed by atoms with Crippen LogP contribution in [0.5, 0.6) is 11.5 Å². The Balaban J connectivity index is 1.56. The third-order valence-electron chi connectivity index (χ3n) is 6.20. The number of rotatable bonds is 5. The molecule has 1 aromatic rings. The first-order chi connectivity index (χ1) is 12.0. The summed E-state index contributed by atoms with van der Waals surface area (Å²) in [6.07, 6.45) is 7.58. The van der Waals surface area contributed by atoms with Gasteiger partial charge in [-0.2, -0.15) is 0 Å². The lowest BCUT2D eigenvalue weighted by Crippen LogP contribution is -2.59. The van der Waals surface area contributed by atoms with Crippen molar-refractivity contribution in [1.82, 2.24) is 5.32 Å². The van der Waals surface area contributed by atoms with Gasteiger partial charge in [0.1, 0.15) is 0 Å². The summed E-state index contributed by atoms with van der Waals surface area (Å²) in [6, 6.07) is 3.62. The Bertz CT molecular complexity index is 652. The van der Waals surface area contributed by atoms with E-state index in [2.05, 4.69) is 21.2 Å². The molecular formula is C20H26BrNO3. The van der Waals surface area contributed by atoms with Crippen molar-refractivity contribution in [1.29, 1.82) is 0 Å². The van der Waals surface area contributed by atoms with Crippen molar-refractivity contribution in [3.05, 3.63) is 22.2 Å². The first-order valence-corrected chi connectivity index (χ1v) is 10.1. The lowest BCUT2D eigenvalue weighted by Gasteiger charge is -2.56. The van der Waals surface area contributed by atoms with Crippen LogP contribution in [0.15, 0.2) is 16.6 Å². The molecule has 0 aliphatic heterocycles. The molecule has 25 heavy (non-hydrogen) atoms. The van der Waals surface area contributed by atoms with E-state index in [0.29, 0.717) is 23.7 Å². The summed E-state index contributed by atoms with van der Waals surface area (Å²) in [5, 5.41) is 3.41. The average Bonchev–Trinajstić information content (AvgIpc) is 2.54. The Morgan fingerprint density at radius 3 is 2.32 bits per heavy atom. The molecule has 4 bridgehead atoms. The first kappa shape index (κ1) is 17.2. The van der Waals surface area contributed by atoms with E-state index in [-0.39, 0.29) is 11.4 Å². The predicted molar refractivity (Wildman–Crippen MR) is 100 cm³/mol. The van der Waals surface area contributed by atoms with Crippen LogP contribution >= 0.6 is 15.9 Å². The molecule has 1 aromatic carbocycles. The highest BCUT2D eigenvalue weighted by atomic mass is 79.9. The second kappa shape index (κ2) is 6.49. The van der Waals surface area contributed by atoms with Crippen molar-refractivity contribution in [2.75, 3.05) is 13.7 Å². The SMILES string of the molecule is CCOc1c(Br)cc(C(=O)NC23CC4CC(CC(C4)C2)C3)cc1OC. The first-order valence-electron chi connectivity index (χ1n) is 9.34. The van der Waals surface area contributed by atoms with Crippen LogP contribution in [0.4, 0.5) is 0 Å². The van der Waals surface area contributed by atoms with Gasteiger partial charge in [-0.1, -0.05) is 0 Å². The fourth-order valence-corrected chi connectivity index (χ4v) is 6.27. The Labute approximate surface area is 157 Å². The number of nitrogens with one attached hydrogen (secondary N) is 1. The van der Waals surface area contributed by atoms with Crippen molar-refractivity contribution < 1.29 is 14.3 Å². The summed E-state index contributed by atoms with van der Waals surface area (Å²) >= 11 is 3.52. The maximum Gasteiger partial charge on any atom is 0.251 e. The monoisotopic (exact) mass is 407 g/mol. The molecule has 4 nitrogen and oxygen atoms in total. The van der Waals surface area contributed by atoms with Gasteiger partial charge in [0.2, 0.25) is 0 Å². The molecule has 0 atom stereocenters. The summed E-state index contributed by atoms with van der Waals surface area (Å²) in [5.74, 6) is 3.68. The van der Waals surface area contributed by atoms with Crippen LogP contribution in [-0.2, 0) is 0 Å². The Morgan fingerprint density at radius 2 is 1.80 bits per heavy atom. The molecule has 0 saturated heterocycles. The van der Waals surface area contributed by atoms with Crippen LogP contribution in [0, 0.1) is 17.8 Å². The summed E-state index contributed by atoms with van der Waals surface area (Å²) in [7, 11) is 1.60. The molecule has 0 radical (unpaired) electrons. The van der Waals surface area contributed by atoms with E-state index in [1.165, 1.54) is 19.3 Å². The van der Waals surface area contributed by atoms with Gasteiger partial charge in [-0.25, -0.2) is 0 Å². The molecular weight excluding hydrogens is 382 g/mol. The smallest absolute Gasteiger partial charge is 0.251 e. The molecule has 1 N–H and O–H groups in total. The van der Waals surface area contributed by atoms with Gasteiger partial charge in [-0.15, -0.1) is 0 Å². The van der Waals surface area contributed by atoms with E-state index in [4.69, 9.17) is 9.47 Å². The van der Waals surface area contributed by atoms with E-state index < -0.39 is 0 Å². The average molecular weight is 408 g/mol. The molecule has 0 unspecified atom stereocenters. The summed E-state index contributed by atoms with van der Waals surface area (Å²) in [4.78, 5) is 13.0. The number of halogens is 1. The summed E-state index contributed by atoms with van der Waals surface area (Å²) < 4.78 is 11.8. The zero-order chi connectivity index (χ0) is 17.6. The van der Waals surface area contributed by atoms with Crippen molar-refractivity contribution in [3.8, 4) is 11.5 Å². The van der Waals surface area contributed by atoms with E-state index in [0.717, 1.165) is 41.5 Å². The molecule has 5 rings (SSSR count). The van der Waals surface area contributed by atoms with E-state index in [1.807, 2.05) is 13.0 Å². The van der Waals surface area contributed by atoms with Gasteiger partial charge in [-0.05, 0) is 91.3 Å². The number of carbonyl (C=O) groups excluding carboxylic acids is 1. The topological polar surface area (TPSA) is 47.6 Å². The predicted octanol–water partition coefficient (Wildman–Crippen LogP) is 4.56. The van der Waals surface area contributed by atoms with E-state index in [1.54, 1.807) is 13.2 Å². The lowest BCUT2D eigenvalue weighted by atomic mass is 9.53. The van der Waals surface area contributed by atoms with Crippen molar-refractivity contribution >= 4 is 21.8 Å². The minimum absolute atomic E-state index is 0.00370. The molecule has 4 aliphatic carbocycles. The zero-order valence-electron chi connectivity index (χ0n) is 14.9. The van der Waals surface area contributed by atoms with Crippen LogP contribution in [0.2, 0.25) is 0 Å². The molecule has 136 valence electrons. The standard InChI is InChI=1S/C20H26BrNO3/c1-3-25-18-16(21)7-15(8-17(18)24-2)19(23)22-20-9-12-4-13(10-20)6-14(5-12)11-20/h7-8,12-14H,3-6,9-11H2,1-2H3,(H,22,23). The van der Waals surface area contributed by atoms with Gasteiger partial charge < -0.3 is 14.8 Å². The number of hydrogen-bond donors (Lipinski definition) is 1. The van der Waals surface area contributed by atoms with Crippen LogP contribution in [0.1, 0.15) is 55.8 Å². The largest absolute Gasteiger partial charge is 0.493 e. The molecule has 0 spiro atoms. The van der Waals surface area contributed by atoms with Crippen LogP contribution < -0.4 is 14.8 Å².